The van der Waals surface area contributed by atoms with Crippen molar-refractivity contribution in [1.82, 2.24) is 5.43 Å². The molecule has 1 aromatic carbocycles. The highest BCUT2D eigenvalue weighted by Crippen LogP contribution is 2.28. The maximum absolute atomic E-state index is 11.1. The number of cyclic esters (lactones) is 2. The van der Waals surface area contributed by atoms with Gasteiger partial charge in [0.2, 0.25) is 0 Å². The number of nitrogens with one attached hydrogen (secondary N) is 1. The van der Waals surface area contributed by atoms with E-state index in [1.165, 1.54) is 32.6 Å². The molecule has 122 valence electrons. The average molecular weight is 322 g/mol. The van der Waals surface area contributed by atoms with Gasteiger partial charge in [-0.05, 0) is 12.1 Å². The number of fused-ring (bicyclic) bond motifs is 1. The molecular formula is C14H14N2O7. The Bertz CT molecular complexity index is 698. The number of hydrogen-bond donors (Lipinski definition) is 3. The molecule has 0 bridgehead atoms. The monoisotopic (exact) mass is 322 g/mol. The quantitative estimate of drug-likeness (QED) is 0.403. The summed E-state index contributed by atoms with van der Waals surface area (Å²) in [6.45, 7) is 0. The van der Waals surface area contributed by atoms with E-state index in [9.17, 15) is 14.7 Å². The smallest absolute Gasteiger partial charge is 0.350 e. The van der Waals surface area contributed by atoms with Crippen molar-refractivity contribution in [2.45, 2.75) is 5.91 Å². The summed E-state index contributed by atoms with van der Waals surface area (Å²) in [7, 11) is 2.68. The number of esters is 2. The molecule has 0 saturated heterocycles. The zero-order valence-corrected chi connectivity index (χ0v) is 12.3. The molecule has 9 nitrogen and oxygen atoms in total. The van der Waals surface area contributed by atoms with Crippen molar-refractivity contribution in [2.24, 2.45) is 5.10 Å². The van der Waals surface area contributed by atoms with E-state index >= 15 is 0 Å². The lowest BCUT2D eigenvalue weighted by Gasteiger charge is -2.25. The average Bonchev–Trinajstić information content (AvgIpc) is 2.86. The molecule has 9 heteroatoms. The molecule has 2 aliphatic rings. The van der Waals surface area contributed by atoms with Crippen molar-refractivity contribution in [3.63, 3.8) is 0 Å². The Labute approximate surface area is 130 Å². The maximum Gasteiger partial charge on any atom is 0.350 e. The third-order valence-electron chi connectivity index (χ3n) is 3.02. The number of ether oxygens (including phenoxy) is 3. The molecule has 23 heavy (non-hydrogen) atoms. The molecule has 1 atom stereocenters. The van der Waals surface area contributed by atoms with E-state index < -0.39 is 17.8 Å². The van der Waals surface area contributed by atoms with Gasteiger partial charge in [-0.25, -0.2) is 15.0 Å². The van der Waals surface area contributed by atoms with Crippen LogP contribution in [0.1, 0.15) is 20.7 Å². The van der Waals surface area contributed by atoms with Crippen LogP contribution >= 0.6 is 0 Å². The van der Waals surface area contributed by atoms with Crippen molar-refractivity contribution in [2.75, 3.05) is 14.2 Å². The number of allylic oxidation sites excluding steroid dienone is 1. The largest absolute Gasteiger partial charge is 0.505 e. The molecule has 0 aromatic heterocycles. The lowest BCUT2D eigenvalue weighted by Crippen LogP contribution is -2.47. The van der Waals surface area contributed by atoms with Gasteiger partial charge in [0.05, 0.1) is 18.9 Å². The Morgan fingerprint density at radius 2 is 2.00 bits per heavy atom. The summed E-state index contributed by atoms with van der Waals surface area (Å²) in [6.07, 6.45) is 2.54. The highest BCUT2D eigenvalue weighted by Gasteiger charge is 2.33. The first-order valence-corrected chi connectivity index (χ1v) is 6.34. The van der Waals surface area contributed by atoms with Crippen molar-refractivity contribution in [1.29, 1.82) is 0 Å². The Balaban J connectivity index is 0.000000174. The van der Waals surface area contributed by atoms with Crippen LogP contribution in [0.2, 0.25) is 0 Å². The molecule has 3 N–H and O–H groups in total. The lowest BCUT2D eigenvalue weighted by atomic mass is 10.1. The van der Waals surface area contributed by atoms with E-state index in [0.717, 1.165) is 0 Å². The number of aliphatic hydroxyl groups is 2. The Morgan fingerprint density at radius 3 is 2.57 bits per heavy atom. The fourth-order valence-electron chi connectivity index (χ4n) is 1.83. The second-order valence-corrected chi connectivity index (χ2v) is 4.35. The zero-order chi connectivity index (χ0) is 17.0. The minimum atomic E-state index is -1.85. The summed E-state index contributed by atoms with van der Waals surface area (Å²) in [4.78, 5) is 22.2. The standard InChI is InChI=1S/C9H6O4.C5H8N2O3/c1-12-6-4-2-3-5-7(6)9(11)13-8(5)10;1-10-5(9)4(8)2-3-6-7-5/h2-4H,1H3;2-3,7-9H,1H3. The normalized spacial score (nSPS) is 21.4. The van der Waals surface area contributed by atoms with E-state index in [4.69, 9.17) is 9.84 Å². The predicted octanol–water partition coefficient (Wildman–Crippen LogP) is 0.316. The molecule has 3 rings (SSSR count). The molecule has 1 unspecified atom stereocenters. The highest BCUT2D eigenvalue weighted by molar-refractivity contribution is 6.16. The molecule has 0 saturated carbocycles. The van der Waals surface area contributed by atoms with Crippen LogP contribution in [-0.2, 0) is 9.47 Å². The number of carbonyl (C=O) groups is 2. The fourth-order valence-corrected chi connectivity index (χ4v) is 1.83. The van der Waals surface area contributed by atoms with Crippen LogP contribution in [0, 0.1) is 0 Å². The van der Waals surface area contributed by atoms with Crippen LogP contribution in [-0.4, -0.2) is 48.5 Å². The lowest BCUT2D eigenvalue weighted by molar-refractivity contribution is -0.198. The Hall–Kier alpha value is -2.91. The molecule has 0 amide bonds. The summed E-state index contributed by atoms with van der Waals surface area (Å²) in [5.74, 6) is -3.05. The molecular weight excluding hydrogens is 308 g/mol. The predicted molar refractivity (Wildman–Crippen MR) is 77.0 cm³/mol. The molecule has 1 aromatic rings. The van der Waals surface area contributed by atoms with Gasteiger partial charge in [0, 0.05) is 13.2 Å². The van der Waals surface area contributed by atoms with Crippen LogP contribution in [0.15, 0.2) is 35.1 Å². The maximum atomic E-state index is 11.1. The van der Waals surface area contributed by atoms with E-state index in [1.807, 2.05) is 0 Å². The molecule has 2 heterocycles. The summed E-state index contributed by atoms with van der Waals surface area (Å²) >= 11 is 0. The summed E-state index contributed by atoms with van der Waals surface area (Å²) in [5.41, 5.74) is 2.66. The van der Waals surface area contributed by atoms with Gasteiger partial charge in [0.15, 0.2) is 5.76 Å². The third-order valence-corrected chi connectivity index (χ3v) is 3.02. The number of rotatable bonds is 2. The van der Waals surface area contributed by atoms with Gasteiger partial charge in [-0.1, -0.05) is 6.07 Å². The number of hydrogen-bond acceptors (Lipinski definition) is 9. The van der Waals surface area contributed by atoms with Gasteiger partial charge in [-0.3, -0.25) is 0 Å². The van der Waals surface area contributed by atoms with Crippen LogP contribution in [0.4, 0.5) is 0 Å². The van der Waals surface area contributed by atoms with Gasteiger partial charge in [0.1, 0.15) is 11.3 Å². The van der Waals surface area contributed by atoms with Gasteiger partial charge in [-0.15, -0.1) is 0 Å². The SMILES string of the molecule is COC1(O)NN=CC=C1O.COc1cccc2c1C(=O)OC2=O. The number of carbonyl (C=O) groups excluding carboxylic acids is 2. The Kier molecular flexibility index (Phi) is 4.63. The number of aliphatic hydroxyl groups excluding tert-OH is 1. The summed E-state index contributed by atoms with van der Waals surface area (Å²) < 4.78 is 13.8. The van der Waals surface area contributed by atoms with Crippen molar-refractivity contribution >= 4 is 18.2 Å². The molecule has 2 aliphatic heterocycles. The van der Waals surface area contributed by atoms with Crippen molar-refractivity contribution in [3.05, 3.63) is 41.2 Å². The first kappa shape index (κ1) is 16.5. The third kappa shape index (κ3) is 3.15. The first-order valence-electron chi connectivity index (χ1n) is 6.34. The zero-order valence-electron chi connectivity index (χ0n) is 12.3. The summed E-state index contributed by atoms with van der Waals surface area (Å²) in [5, 5.41) is 21.6. The van der Waals surface area contributed by atoms with Gasteiger partial charge in [-0.2, -0.15) is 5.10 Å². The van der Waals surface area contributed by atoms with Crippen LogP contribution in [0.5, 0.6) is 5.75 Å². The number of methoxy groups -OCH3 is 2. The van der Waals surface area contributed by atoms with E-state index in [0.29, 0.717) is 5.75 Å². The molecule has 0 fully saturated rings. The van der Waals surface area contributed by atoms with Gasteiger partial charge < -0.3 is 24.4 Å². The van der Waals surface area contributed by atoms with E-state index in [2.05, 4.69) is 20.0 Å². The number of hydrazone groups is 1. The molecule has 0 spiro atoms. The van der Waals surface area contributed by atoms with Crippen LogP contribution < -0.4 is 10.2 Å². The highest BCUT2D eigenvalue weighted by atomic mass is 16.7. The van der Waals surface area contributed by atoms with Gasteiger partial charge >= 0.3 is 17.8 Å². The number of benzene rings is 1. The van der Waals surface area contributed by atoms with E-state index in [-0.39, 0.29) is 16.9 Å². The molecule has 0 aliphatic carbocycles. The number of nitrogens with zero attached hydrogens (tertiary/aromatic N) is 1. The fraction of sp³-hybridized carbons (Fsp3) is 0.214. The minimum absolute atomic E-state index is 0.218. The topological polar surface area (TPSA) is 127 Å². The summed E-state index contributed by atoms with van der Waals surface area (Å²) in [6, 6.07) is 4.78. The Morgan fingerprint density at radius 1 is 1.26 bits per heavy atom. The minimum Gasteiger partial charge on any atom is -0.505 e. The first-order chi connectivity index (χ1) is 10.9. The van der Waals surface area contributed by atoms with Crippen molar-refractivity contribution in [3.8, 4) is 5.75 Å². The van der Waals surface area contributed by atoms with Gasteiger partial charge in [0.25, 0.3) is 0 Å². The van der Waals surface area contributed by atoms with Crippen LogP contribution in [0.3, 0.4) is 0 Å². The second kappa shape index (κ2) is 6.46. The van der Waals surface area contributed by atoms with Crippen molar-refractivity contribution < 1.29 is 34.0 Å². The second-order valence-electron chi connectivity index (χ2n) is 4.35. The molecule has 0 radical (unpaired) electrons. The van der Waals surface area contributed by atoms with E-state index in [1.54, 1.807) is 12.1 Å². The van der Waals surface area contributed by atoms with Crippen LogP contribution in [0.25, 0.3) is 0 Å².